The number of hydrogen-bond acceptors (Lipinski definition) is 4. The molecule has 0 aliphatic carbocycles. The van der Waals surface area contributed by atoms with E-state index in [-0.39, 0.29) is 17.4 Å². The molecule has 17 heavy (non-hydrogen) atoms. The molecule has 1 aliphatic rings. The van der Waals surface area contributed by atoms with E-state index < -0.39 is 12.1 Å². The molecular weight excluding hydrogens is 248 g/mol. The van der Waals surface area contributed by atoms with Gasteiger partial charge in [-0.05, 0) is 6.42 Å². The van der Waals surface area contributed by atoms with Crippen LogP contribution >= 0.6 is 11.6 Å². The van der Waals surface area contributed by atoms with Crippen molar-refractivity contribution in [3.05, 3.63) is 22.2 Å². The standard InChI is InChI=1S/C11H11ClO5/c1-2-5-8(9(13)11(14)15)6(12)3-7-10(5)17-4-16-7/h3,9,13H,2,4H2,1H3,(H,14,15). The summed E-state index contributed by atoms with van der Waals surface area (Å²) in [6.07, 6.45) is -1.17. The minimum Gasteiger partial charge on any atom is -0.479 e. The lowest BCUT2D eigenvalue weighted by Crippen LogP contribution is -2.13. The summed E-state index contributed by atoms with van der Waals surface area (Å²) in [6, 6.07) is 1.46. The van der Waals surface area contributed by atoms with Crippen molar-refractivity contribution in [1.82, 2.24) is 0 Å². The molecule has 0 bridgehead atoms. The first kappa shape index (κ1) is 12.0. The number of hydrogen-bond donors (Lipinski definition) is 2. The number of aliphatic hydroxyl groups is 1. The quantitative estimate of drug-likeness (QED) is 0.864. The number of aliphatic hydroxyl groups excluding tert-OH is 1. The average molecular weight is 259 g/mol. The smallest absolute Gasteiger partial charge is 0.337 e. The van der Waals surface area contributed by atoms with Crippen LogP contribution in [0.15, 0.2) is 6.07 Å². The second kappa shape index (κ2) is 4.43. The molecule has 0 amide bonds. The van der Waals surface area contributed by atoms with E-state index in [1.165, 1.54) is 6.07 Å². The number of carbonyl (C=O) groups is 1. The summed E-state index contributed by atoms with van der Waals surface area (Å²) < 4.78 is 10.4. The van der Waals surface area contributed by atoms with Gasteiger partial charge in [-0.25, -0.2) is 4.79 Å². The molecule has 0 radical (unpaired) electrons. The Hall–Kier alpha value is -1.46. The second-order valence-electron chi connectivity index (χ2n) is 3.58. The first-order chi connectivity index (χ1) is 8.06. The van der Waals surface area contributed by atoms with Crippen LogP contribution in [0.1, 0.15) is 24.2 Å². The van der Waals surface area contributed by atoms with E-state index in [9.17, 15) is 9.90 Å². The molecule has 6 heteroatoms. The van der Waals surface area contributed by atoms with Crippen LogP contribution in [0.25, 0.3) is 0 Å². The van der Waals surface area contributed by atoms with Crippen molar-refractivity contribution in [2.75, 3.05) is 6.79 Å². The van der Waals surface area contributed by atoms with E-state index in [2.05, 4.69) is 0 Å². The molecule has 2 N–H and O–H groups in total. The van der Waals surface area contributed by atoms with Gasteiger partial charge >= 0.3 is 5.97 Å². The van der Waals surface area contributed by atoms with Crippen LogP contribution in [-0.2, 0) is 11.2 Å². The topological polar surface area (TPSA) is 76.0 Å². The summed E-state index contributed by atoms with van der Waals surface area (Å²) in [6.45, 7) is 1.90. The van der Waals surface area contributed by atoms with Gasteiger partial charge in [-0.1, -0.05) is 18.5 Å². The predicted octanol–water partition coefficient (Wildman–Crippen LogP) is 1.75. The Labute approximate surface area is 103 Å². The van der Waals surface area contributed by atoms with Gasteiger partial charge in [0.25, 0.3) is 0 Å². The van der Waals surface area contributed by atoms with Crippen LogP contribution in [-0.4, -0.2) is 23.0 Å². The fourth-order valence-electron chi connectivity index (χ4n) is 1.86. The number of aliphatic carboxylic acids is 1. The van der Waals surface area contributed by atoms with E-state index in [1.807, 2.05) is 6.92 Å². The van der Waals surface area contributed by atoms with E-state index in [0.29, 0.717) is 23.5 Å². The molecule has 1 aromatic carbocycles. The van der Waals surface area contributed by atoms with Crippen LogP contribution in [0.2, 0.25) is 5.02 Å². The van der Waals surface area contributed by atoms with Crippen molar-refractivity contribution in [2.24, 2.45) is 0 Å². The third kappa shape index (κ3) is 1.92. The van der Waals surface area contributed by atoms with Crippen molar-refractivity contribution < 1.29 is 24.5 Å². The number of benzene rings is 1. The highest BCUT2D eigenvalue weighted by molar-refractivity contribution is 6.32. The van der Waals surface area contributed by atoms with Gasteiger partial charge in [0.1, 0.15) is 0 Å². The highest BCUT2D eigenvalue weighted by Gasteiger charge is 2.29. The van der Waals surface area contributed by atoms with E-state index in [4.69, 9.17) is 26.2 Å². The van der Waals surface area contributed by atoms with Crippen molar-refractivity contribution in [1.29, 1.82) is 0 Å². The van der Waals surface area contributed by atoms with Crippen LogP contribution < -0.4 is 9.47 Å². The maximum Gasteiger partial charge on any atom is 0.337 e. The Morgan fingerprint density at radius 2 is 2.29 bits per heavy atom. The van der Waals surface area contributed by atoms with Gasteiger partial charge in [0.05, 0.1) is 5.02 Å². The lowest BCUT2D eigenvalue weighted by molar-refractivity contribution is -0.147. The Morgan fingerprint density at radius 1 is 1.59 bits per heavy atom. The summed E-state index contributed by atoms with van der Waals surface area (Å²) in [7, 11) is 0. The number of carboxylic acid groups (broad SMARTS) is 1. The molecule has 5 nitrogen and oxygen atoms in total. The number of fused-ring (bicyclic) bond motifs is 1. The fourth-order valence-corrected chi connectivity index (χ4v) is 2.18. The molecule has 1 aliphatic heterocycles. The SMILES string of the molecule is CCc1c2c(cc(Cl)c1C(O)C(=O)O)OCO2. The molecule has 1 unspecified atom stereocenters. The maximum atomic E-state index is 10.8. The van der Waals surface area contributed by atoms with Crippen molar-refractivity contribution in [2.45, 2.75) is 19.4 Å². The lowest BCUT2D eigenvalue weighted by atomic mass is 9.98. The molecule has 0 saturated carbocycles. The van der Waals surface area contributed by atoms with Crippen molar-refractivity contribution in [3.8, 4) is 11.5 Å². The van der Waals surface area contributed by atoms with Crippen LogP contribution in [0.5, 0.6) is 11.5 Å². The van der Waals surface area contributed by atoms with Gasteiger partial charge < -0.3 is 19.7 Å². The zero-order valence-corrected chi connectivity index (χ0v) is 9.82. The summed E-state index contributed by atoms with van der Waals surface area (Å²) in [5, 5.41) is 18.7. The zero-order chi connectivity index (χ0) is 12.6. The Morgan fingerprint density at radius 3 is 2.88 bits per heavy atom. The maximum absolute atomic E-state index is 10.8. The fraction of sp³-hybridized carbons (Fsp3) is 0.364. The number of carboxylic acids is 1. The van der Waals surface area contributed by atoms with Gasteiger partial charge in [-0.2, -0.15) is 0 Å². The molecule has 1 heterocycles. The Bertz CT molecular complexity index is 471. The third-order valence-electron chi connectivity index (χ3n) is 2.62. The molecule has 2 rings (SSSR count). The number of rotatable bonds is 3. The summed E-state index contributed by atoms with van der Waals surface area (Å²) in [5.41, 5.74) is 0.741. The van der Waals surface area contributed by atoms with Gasteiger partial charge in [0.2, 0.25) is 6.79 Å². The highest BCUT2D eigenvalue weighted by atomic mass is 35.5. The Balaban J connectivity index is 2.62. The molecular formula is C11H11ClO5. The second-order valence-corrected chi connectivity index (χ2v) is 3.99. The van der Waals surface area contributed by atoms with E-state index in [1.54, 1.807) is 0 Å². The van der Waals surface area contributed by atoms with Crippen LogP contribution in [0.4, 0.5) is 0 Å². The predicted molar refractivity (Wildman–Crippen MR) is 59.5 cm³/mol. The first-order valence-corrected chi connectivity index (χ1v) is 5.45. The monoisotopic (exact) mass is 258 g/mol. The number of ether oxygens (including phenoxy) is 2. The summed E-state index contributed by atoms with van der Waals surface area (Å²) in [5.74, 6) is -0.402. The molecule has 1 aromatic rings. The first-order valence-electron chi connectivity index (χ1n) is 5.08. The van der Waals surface area contributed by atoms with Crippen LogP contribution in [0, 0.1) is 0 Å². The van der Waals surface area contributed by atoms with Gasteiger partial charge in [0.15, 0.2) is 17.6 Å². The average Bonchev–Trinajstić information content (AvgIpc) is 2.73. The Kier molecular flexibility index (Phi) is 3.13. The minimum atomic E-state index is -1.66. The number of halogens is 1. The van der Waals surface area contributed by atoms with E-state index in [0.717, 1.165) is 0 Å². The highest BCUT2D eigenvalue weighted by Crippen LogP contribution is 2.43. The van der Waals surface area contributed by atoms with Crippen molar-refractivity contribution >= 4 is 17.6 Å². The largest absolute Gasteiger partial charge is 0.479 e. The van der Waals surface area contributed by atoms with Gasteiger partial charge in [0, 0.05) is 17.2 Å². The van der Waals surface area contributed by atoms with Crippen LogP contribution in [0.3, 0.4) is 0 Å². The summed E-state index contributed by atoms with van der Waals surface area (Å²) in [4.78, 5) is 10.8. The van der Waals surface area contributed by atoms with E-state index >= 15 is 0 Å². The van der Waals surface area contributed by atoms with Gasteiger partial charge in [-0.15, -0.1) is 0 Å². The molecule has 92 valence electrons. The normalized spacial score (nSPS) is 14.8. The summed E-state index contributed by atoms with van der Waals surface area (Å²) >= 11 is 5.97. The van der Waals surface area contributed by atoms with Gasteiger partial charge in [-0.3, -0.25) is 0 Å². The molecule has 0 aromatic heterocycles. The molecule has 0 spiro atoms. The third-order valence-corrected chi connectivity index (χ3v) is 2.93. The van der Waals surface area contributed by atoms with Crippen molar-refractivity contribution in [3.63, 3.8) is 0 Å². The lowest BCUT2D eigenvalue weighted by Gasteiger charge is -2.15. The minimum absolute atomic E-state index is 0.0747. The zero-order valence-electron chi connectivity index (χ0n) is 9.07. The molecule has 0 fully saturated rings. The molecule has 0 saturated heterocycles. The molecule has 1 atom stereocenters.